The first-order chi connectivity index (χ1) is 13.4. The van der Waals surface area contributed by atoms with Gasteiger partial charge in [-0.25, -0.2) is 4.68 Å². The van der Waals surface area contributed by atoms with Crippen molar-refractivity contribution in [3.63, 3.8) is 0 Å². The van der Waals surface area contributed by atoms with E-state index in [1.807, 2.05) is 53.8 Å². The van der Waals surface area contributed by atoms with Crippen molar-refractivity contribution in [1.82, 2.24) is 25.3 Å². The van der Waals surface area contributed by atoms with Gasteiger partial charge in [0, 0.05) is 30.9 Å². The molecule has 28 heavy (non-hydrogen) atoms. The van der Waals surface area contributed by atoms with E-state index in [2.05, 4.69) is 29.6 Å². The van der Waals surface area contributed by atoms with Crippen molar-refractivity contribution in [3.8, 4) is 5.69 Å². The van der Waals surface area contributed by atoms with Crippen LogP contribution in [0.5, 0.6) is 0 Å². The van der Waals surface area contributed by atoms with Crippen LogP contribution in [-0.2, 0) is 9.59 Å². The second-order valence-electron chi connectivity index (χ2n) is 7.69. The number of amides is 2. The number of nitrogens with zero attached hydrogens (tertiary/aromatic N) is 3. The summed E-state index contributed by atoms with van der Waals surface area (Å²) in [5, 5.41) is 10.6. The zero-order valence-corrected chi connectivity index (χ0v) is 17.0. The standard InChI is InChI=1S/C21H29N5O2/c1-14(2)12-23-18(27)13-25-11-10-22-21(28)20(25)19-15(3)24-26(16(19)4)17-8-6-5-7-9-17/h5-9,14,20H,10-13H2,1-4H3,(H,22,28)(H,23,27). The summed E-state index contributed by atoms with van der Waals surface area (Å²) in [7, 11) is 0. The van der Waals surface area contributed by atoms with Crippen LogP contribution in [-0.4, -0.2) is 52.7 Å². The van der Waals surface area contributed by atoms with Crippen molar-refractivity contribution < 1.29 is 9.59 Å². The zero-order chi connectivity index (χ0) is 20.3. The van der Waals surface area contributed by atoms with E-state index < -0.39 is 6.04 Å². The highest BCUT2D eigenvalue weighted by Gasteiger charge is 2.36. The Labute approximate surface area is 166 Å². The Kier molecular flexibility index (Phi) is 6.14. The van der Waals surface area contributed by atoms with Crippen LogP contribution in [0.2, 0.25) is 0 Å². The fourth-order valence-electron chi connectivity index (χ4n) is 3.63. The van der Waals surface area contributed by atoms with Gasteiger partial charge in [-0.1, -0.05) is 32.0 Å². The van der Waals surface area contributed by atoms with E-state index in [1.54, 1.807) is 0 Å². The summed E-state index contributed by atoms with van der Waals surface area (Å²) in [6.07, 6.45) is 0. The van der Waals surface area contributed by atoms with E-state index in [1.165, 1.54) is 0 Å². The molecule has 1 aliphatic rings. The average molecular weight is 383 g/mol. The molecule has 1 aromatic heterocycles. The molecule has 1 saturated heterocycles. The molecular formula is C21H29N5O2. The van der Waals surface area contributed by atoms with Crippen LogP contribution in [0, 0.1) is 19.8 Å². The predicted molar refractivity (Wildman–Crippen MR) is 108 cm³/mol. The van der Waals surface area contributed by atoms with Crippen molar-refractivity contribution in [2.75, 3.05) is 26.2 Å². The first-order valence-electron chi connectivity index (χ1n) is 9.78. The van der Waals surface area contributed by atoms with Crippen LogP contribution in [0.4, 0.5) is 0 Å². The first-order valence-corrected chi connectivity index (χ1v) is 9.78. The molecule has 3 rings (SSSR count). The summed E-state index contributed by atoms with van der Waals surface area (Å²) in [6.45, 7) is 10.00. The lowest BCUT2D eigenvalue weighted by atomic mass is 10.00. The Hall–Kier alpha value is -2.67. The molecule has 1 fully saturated rings. The topological polar surface area (TPSA) is 79.3 Å². The van der Waals surface area contributed by atoms with Crippen LogP contribution < -0.4 is 10.6 Å². The maximum atomic E-state index is 12.8. The highest BCUT2D eigenvalue weighted by Crippen LogP contribution is 2.30. The molecule has 0 aliphatic carbocycles. The number of piperazine rings is 1. The quantitative estimate of drug-likeness (QED) is 0.796. The highest BCUT2D eigenvalue weighted by molar-refractivity contribution is 5.86. The molecule has 150 valence electrons. The number of aryl methyl sites for hydroxylation is 1. The Balaban J connectivity index is 1.89. The van der Waals surface area contributed by atoms with Crippen molar-refractivity contribution in [2.45, 2.75) is 33.7 Å². The molecule has 0 spiro atoms. The van der Waals surface area contributed by atoms with Gasteiger partial charge in [-0.05, 0) is 31.9 Å². The number of rotatable bonds is 6. The van der Waals surface area contributed by atoms with Gasteiger partial charge >= 0.3 is 0 Å². The van der Waals surface area contributed by atoms with Gasteiger partial charge in [-0.2, -0.15) is 5.10 Å². The van der Waals surface area contributed by atoms with Gasteiger partial charge in [0.05, 0.1) is 17.9 Å². The second kappa shape index (κ2) is 8.56. The maximum Gasteiger partial charge on any atom is 0.242 e. The van der Waals surface area contributed by atoms with Crippen LogP contribution in [0.25, 0.3) is 5.69 Å². The average Bonchev–Trinajstić information content (AvgIpc) is 2.95. The molecule has 2 heterocycles. The van der Waals surface area contributed by atoms with Gasteiger partial charge in [0.1, 0.15) is 6.04 Å². The van der Waals surface area contributed by atoms with Crippen LogP contribution in [0.15, 0.2) is 30.3 Å². The molecule has 1 unspecified atom stereocenters. The third-order valence-electron chi connectivity index (χ3n) is 4.99. The number of para-hydroxylation sites is 1. The van der Waals surface area contributed by atoms with E-state index in [4.69, 9.17) is 0 Å². The van der Waals surface area contributed by atoms with Gasteiger partial charge < -0.3 is 10.6 Å². The minimum Gasteiger partial charge on any atom is -0.355 e. The van der Waals surface area contributed by atoms with Gasteiger partial charge in [-0.3, -0.25) is 14.5 Å². The second-order valence-corrected chi connectivity index (χ2v) is 7.69. The van der Waals surface area contributed by atoms with Crippen molar-refractivity contribution in [2.24, 2.45) is 5.92 Å². The lowest BCUT2D eigenvalue weighted by Gasteiger charge is -2.34. The third kappa shape index (κ3) is 4.25. The maximum absolute atomic E-state index is 12.8. The summed E-state index contributed by atoms with van der Waals surface area (Å²) in [6, 6.07) is 9.34. The van der Waals surface area contributed by atoms with E-state index in [0.29, 0.717) is 25.6 Å². The zero-order valence-electron chi connectivity index (χ0n) is 17.0. The largest absolute Gasteiger partial charge is 0.355 e. The fourth-order valence-corrected chi connectivity index (χ4v) is 3.63. The van der Waals surface area contributed by atoms with E-state index in [9.17, 15) is 9.59 Å². The summed E-state index contributed by atoms with van der Waals surface area (Å²) >= 11 is 0. The predicted octanol–water partition coefficient (Wildman–Crippen LogP) is 1.73. The minimum absolute atomic E-state index is 0.0563. The van der Waals surface area contributed by atoms with Gasteiger partial charge in [0.2, 0.25) is 11.8 Å². The number of carbonyl (C=O) groups is 2. The van der Waals surface area contributed by atoms with Gasteiger partial charge in [-0.15, -0.1) is 0 Å². The summed E-state index contributed by atoms with van der Waals surface area (Å²) in [5.74, 6) is 0.249. The molecule has 0 radical (unpaired) electrons. The number of aromatic nitrogens is 2. The molecule has 2 N–H and O–H groups in total. The van der Waals surface area contributed by atoms with Gasteiger partial charge in [0.15, 0.2) is 0 Å². The molecule has 1 atom stereocenters. The first kappa shape index (κ1) is 20.1. The molecule has 1 aliphatic heterocycles. The number of benzene rings is 1. The van der Waals surface area contributed by atoms with Gasteiger partial charge in [0.25, 0.3) is 0 Å². The minimum atomic E-state index is -0.518. The van der Waals surface area contributed by atoms with Crippen molar-refractivity contribution in [3.05, 3.63) is 47.3 Å². The molecule has 7 heteroatoms. The van der Waals surface area contributed by atoms with E-state index in [-0.39, 0.29) is 18.4 Å². The van der Waals surface area contributed by atoms with Crippen LogP contribution in [0.1, 0.15) is 36.8 Å². The highest BCUT2D eigenvalue weighted by atomic mass is 16.2. The van der Waals surface area contributed by atoms with Crippen LogP contribution in [0.3, 0.4) is 0 Å². The Morgan fingerprint density at radius 3 is 2.68 bits per heavy atom. The Morgan fingerprint density at radius 1 is 1.29 bits per heavy atom. The van der Waals surface area contributed by atoms with Crippen molar-refractivity contribution >= 4 is 11.8 Å². The third-order valence-corrected chi connectivity index (χ3v) is 4.99. The molecule has 0 saturated carbocycles. The van der Waals surface area contributed by atoms with Crippen LogP contribution >= 0.6 is 0 Å². The lowest BCUT2D eigenvalue weighted by Crippen LogP contribution is -2.53. The monoisotopic (exact) mass is 383 g/mol. The molecule has 0 bridgehead atoms. The molecule has 1 aromatic carbocycles. The summed E-state index contributed by atoms with van der Waals surface area (Å²) < 4.78 is 1.86. The molecule has 2 aromatic rings. The normalized spacial score (nSPS) is 17.6. The number of hydrogen-bond donors (Lipinski definition) is 2. The number of carbonyl (C=O) groups excluding carboxylic acids is 2. The molecule has 2 amide bonds. The van der Waals surface area contributed by atoms with E-state index in [0.717, 1.165) is 22.6 Å². The Morgan fingerprint density at radius 2 is 2.00 bits per heavy atom. The Bertz CT molecular complexity index is 844. The lowest BCUT2D eigenvalue weighted by molar-refractivity contribution is -0.131. The summed E-state index contributed by atoms with van der Waals surface area (Å²) in [5.41, 5.74) is 3.54. The fraction of sp³-hybridized carbons (Fsp3) is 0.476. The molecule has 7 nitrogen and oxygen atoms in total. The van der Waals surface area contributed by atoms with E-state index >= 15 is 0 Å². The number of nitrogens with one attached hydrogen (secondary N) is 2. The smallest absolute Gasteiger partial charge is 0.242 e. The SMILES string of the molecule is Cc1nn(-c2ccccc2)c(C)c1C1C(=O)NCCN1CC(=O)NCC(C)C. The number of hydrogen-bond acceptors (Lipinski definition) is 4. The molecular weight excluding hydrogens is 354 g/mol. The van der Waals surface area contributed by atoms with Crippen molar-refractivity contribution in [1.29, 1.82) is 0 Å². The summed E-state index contributed by atoms with van der Waals surface area (Å²) in [4.78, 5) is 27.1.